The molecule has 2 N–H and O–H groups in total. The summed E-state index contributed by atoms with van der Waals surface area (Å²) in [5.41, 5.74) is 0.491. The predicted molar refractivity (Wildman–Crippen MR) is 89.8 cm³/mol. The molecule has 0 aliphatic rings. The molecular weight excluding hydrogens is 316 g/mol. The summed E-state index contributed by atoms with van der Waals surface area (Å²) in [6.45, 7) is 8.07. The fourth-order valence-corrected chi connectivity index (χ4v) is 2.84. The van der Waals surface area contributed by atoms with E-state index in [1.165, 1.54) is 0 Å². The van der Waals surface area contributed by atoms with E-state index in [1.807, 2.05) is 6.92 Å². The summed E-state index contributed by atoms with van der Waals surface area (Å²) in [7, 11) is -3.47. The van der Waals surface area contributed by atoms with Gasteiger partial charge in [0.25, 0.3) is 0 Å². The van der Waals surface area contributed by atoms with Crippen LogP contribution in [0.4, 0.5) is 4.79 Å². The number of amides is 1. The van der Waals surface area contributed by atoms with Gasteiger partial charge in [0.15, 0.2) is 0 Å². The largest absolute Gasteiger partial charge is 0.444 e. The summed E-state index contributed by atoms with van der Waals surface area (Å²) in [5.74, 6) is 0. The Morgan fingerprint density at radius 3 is 2.22 bits per heavy atom. The van der Waals surface area contributed by atoms with Gasteiger partial charge in [-0.3, -0.25) is 0 Å². The lowest BCUT2D eigenvalue weighted by atomic mass is 10.2. The van der Waals surface area contributed by atoms with Crippen LogP contribution in [0.1, 0.15) is 39.2 Å². The average Bonchev–Trinajstić information content (AvgIpc) is 2.41. The van der Waals surface area contributed by atoms with E-state index in [0.717, 1.165) is 5.56 Å². The van der Waals surface area contributed by atoms with E-state index in [0.29, 0.717) is 25.9 Å². The second kappa shape index (κ2) is 8.31. The Labute approximate surface area is 138 Å². The maximum Gasteiger partial charge on any atom is 0.407 e. The number of unbranched alkanes of at least 4 members (excludes halogenated alkanes) is 1. The molecule has 1 amide bonds. The zero-order valence-corrected chi connectivity index (χ0v) is 15.0. The van der Waals surface area contributed by atoms with E-state index in [4.69, 9.17) is 4.74 Å². The number of carbonyl (C=O) groups is 1. The first-order valence-electron chi connectivity index (χ1n) is 7.63. The molecule has 0 aliphatic heterocycles. The summed E-state index contributed by atoms with van der Waals surface area (Å²) < 4.78 is 31.7. The summed E-state index contributed by atoms with van der Waals surface area (Å²) in [4.78, 5) is 11.7. The molecule has 6 nitrogen and oxygen atoms in total. The van der Waals surface area contributed by atoms with Crippen LogP contribution in [0.15, 0.2) is 29.2 Å². The Morgan fingerprint density at radius 2 is 1.65 bits per heavy atom. The summed E-state index contributed by atoms with van der Waals surface area (Å²) >= 11 is 0. The fraction of sp³-hybridized carbons (Fsp3) is 0.562. The van der Waals surface area contributed by atoms with Crippen LogP contribution in [0, 0.1) is 6.92 Å². The molecule has 0 radical (unpaired) electrons. The smallest absolute Gasteiger partial charge is 0.407 e. The number of aryl methyl sites for hydroxylation is 1. The molecule has 0 fully saturated rings. The van der Waals surface area contributed by atoms with Crippen LogP contribution in [-0.4, -0.2) is 33.2 Å². The lowest BCUT2D eigenvalue weighted by Gasteiger charge is -2.19. The van der Waals surface area contributed by atoms with Crippen molar-refractivity contribution in [1.29, 1.82) is 0 Å². The van der Waals surface area contributed by atoms with E-state index >= 15 is 0 Å². The third-order valence-electron chi connectivity index (χ3n) is 2.90. The number of nitrogens with one attached hydrogen (secondary N) is 2. The molecule has 130 valence electrons. The normalized spacial score (nSPS) is 12.0. The lowest BCUT2D eigenvalue weighted by molar-refractivity contribution is 0.0527. The van der Waals surface area contributed by atoms with Gasteiger partial charge in [-0.2, -0.15) is 0 Å². The van der Waals surface area contributed by atoms with Gasteiger partial charge >= 0.3 is 6.09 Å². The minimum Gasteiger partial charge on any atom is -0.444 e. The molecule has 0 aliphatic carbocycles. The molecule has 0 saturated carbocycles. The summed E-state index contributed by atoms with van der Waals surface area (Å²) in [5, 5.41) is 2.64. The van der Waals surface area contributed by atoms with E-state index < -0.39 is 21.7 Å². The lowest BCUT2D eigenvalue weighted by Crippen LogP contribution is -2.33. The zero-order valence-electron chi connectivity index (χ0n) is 14.2. The molecule has 0 spiro atoms. The van der Waals surface area contributed by atoms with Gasteiger partial charge in [0.05, 0.1) is 4.90 Å². The summed E-state index contributed by atoms with van der Waals surface area (Å²) in [6, 6.07) is 6.70. The molecule has 0 bridgehead atoms. The highest BCUT2D eigenvalue weighted by Crippen LogP contribution is 2.10. The maximum absolute atomic E-state index is 12.0. The quantitative estimate of drug-likeness (QED) is 0.746. The molecule has 1 aromatic carbocycles. The number of hydrogen-bond acceptors (Lipinski definition) is 4. The molecular formula is C16H26N2O4S. The van der Waals surface area contributed by atoms with E-state index in [-0.39, 0.29) is 4.90 Å². The standard InChI is InChI=1S/C16H26N2O4S/c1-13-7-9-14(10-8-13)23(20,21)18-12-6-5-11-17-15(19)22-16(2,3)4/h7-10,18H,5-6,11-12H2,1-4H3,(H,17,19). The molecule has 0 saturated heterocycles. The van der Waals surface area contributed by atoms with Crippen LogP contribution in [0.5, 0.6) is 0 Å². The average molecular weight is 342 g/mol. The van der Waals surface area contributed by atoms with Crippen molar-refractivity contribution in [3.63, 3.8) is 0 Å². The molecule has 0 unspecified atom stereocenters. The van der Waals surface area contributed by atoms with Gasteiger partial charge in [0.1, 0.15) is 5.60 Å². The Kier molecular flexibility index (Phi) is 7.02. The second-order valence-electron chi connectivity index (χ2n) is 6.35. The van der Waals surface area contributed by atoms with Gasteiger partial charge in [-0.15, -0.1) is 0 Å². The Balaban J connectivity index is 2.24. The van der Waals surface area contributed by atoms with Crippen molar-refractivity contribution in [2.45, 2.75) is 51.0 Å². The highest BCUT2D eigenvalue weighted by atomic mass is 32.2. The number of alkyl carbamates (subject to hydrolysis) is 1. The molecule has 0 aromatic heterocycles. The Hall–Kier alpha value is -1.60. The van der Waals surface area contributed by atoms with Crippen molar-refractivity contribution in [3.8, 4) is 0 Å². The van der Waals surface area contributed by atoms with E-state index in [2.05, 4.69) is 10.0 Å². The first-order valence-corrected chi connectivity index (χ1v) is 9.12. The minimum atomic E-state index is -3.47. The van der Waals surface area contributed by atoms with Gasteiger partial charge in [-0.05, 0) is 52.7 Å². The van der Waals surface area contributed by atoms with Gasteiger partial charge in [-0.25, -0.2) is 17.9 Å². The SMILES string of the molecule is Cc1ccc(S(=O)(=O)NCCCCNC(=O)OC(C)(C)C)cc1. The van der Waals surface area contributed by atoms with Crippen LogP contribution in [0.25, 0.3) is 0 Å². The van der Waals surface area contributed by atoms with Crippen molar-refractivity contribution in [2.24, 2.45) is 0 Å². The van der Waals surface area contributed by atoms with Gasteiger partial charge < -0.3 is 10.1 Å². The van der Waals surface area contributed by atoms with E-state index in [9.17, 15) is 13.2 Å². The van der Waals surface area contributed by atoms with Gasteiger partial charge in [-0.1, -0.05) is 17.7 Å². The van der Waals surface area contributed by atoms with Crippen LogP contribution in [0.3, 0.4) is 0 Å². The Morgan fingerprint density at radius 1 is 1.09 bits per heavy atom. The monoisotopic (exact) mass is 342 g/mol. The number of ether oxygens (including phenoxy) is 1. The van der Waals surface area contributed by atoms with Crippen molar-refractivity contribution in [1.82, 2.24) is 10.0 Å². The van der Waals surface area contributed by atoms with Gasteiger partial charge in [0, 0.05) is 13.1 Å². The topological polar surface area (TPSA) is 84.5 Å². The molecule has 7 heteroatoms. The van der Waals surface area contributed by atoms with Crippen molar-refractivity contribution >= 4 is 16.1 Å². The second-order valence-corrected chi connectivity index (χ2v) is 8.11. The minimum absolute atomic E-state index is 0.259. The van der Waals surface area contributed by atoms with Crippen LogP contribution >= 0.6 is 0 Å². The fourth-order valence-electron chi connectivity index (χ4n) is 1.76. The first kappa shape index (κ1) is 19.4. The highest BCUT2D eigenvalue weighted by Gasteiger charge is 2.15. The molecule has 0 atom stereocenters. The first-order chi connectivity index (χ1) is 10.6. The summed E-state index contributed by atoms with van der Waals surface area (Å²) in [6.07, 6.45) is 0.828. The number of hydrogen-bond donors (Lipinski definition) is 2. The molecule has 1 rings (SSSR count). The third-order valence-corrected chi connectivity index (χ3v) is 4.37. The highest BCUT2D eigenvalue weighted by molar-refractivity contribution is 7.89. The predicted octanol–water partition coefficient (Wildman–Crippen LogP) is 2.58. The van der Waals surface area contributed by atoms with Crippen LogP contribution in [-0.2, 0) is 14.8 Å². The maximum atomic E-state index is 12.0. The van der Waals surface area contributed by atoms with E-state index in [1.54, 1.807) is 45.0 Å². The van der Waals surface area contributed by atoms with Crippen LogP contribution < -0.4 is 10.0 Å². The number of sulfonamides is 1. The van der Waals surface area contributed by atoms with Crippen molar-refractivity contribution < 1.29 is 17.9 Å². The number of benzene rings is 1. The van der Waals surface area contributed by atoms with Crippen molar-refractivity contribution in [2.75, 3.05) is 13.1 Å². The molecule has 1 aromatic rings. The zero-order chi connectivity index (χ0) is 17.5. The number of carbonyl (C=O) groups excluding carboxylic acids is 1. The number of rotatable bonds is 7. The van der Waals surface area contributed by atoms with Gasteiger partial charge in [0.2, 0.25) is 10.0 Å². The Bertz CT molecular complexity index is 604. The molecule has 23 heavy (non-hydrogen) atoms. The third kappa shape index (κ3) is 7.99. The van der Waals surface area contributed by atoms with Crippen molar-refractivity contribution in [3.05, 3.63) is 29.8 Å². The van der Waals surface area contributed by atoms with Crippen LogP contribution in [0.2, 0.25) is 0 Å². The molecule has 0 heterocycles.